The van der Waals surface area contributed by atoms with Gasteiger partial charge in [-0.2, -0.15) is 0 Å². The molecule has 4 nitrogen and oxygen atoms in total. The van der Waals surface area contributed by atoms with E-state index >= 15 is 0 Å². The number of nitrogens with one attached hydrogen (secondary N) is 2. The van der Waals surface area contributed by atoms with Crippen LogP contribution in [0.3, 0.4) is 0 Å². The number of hydrogen-bond acceptors (Lipinski definition) is 5. The summed E-state index contributed by atoms with van der Waals surface area (Å²) in [7, 11) is 1.81. The molecular weight excluding hydrogens is 280 g/mol. The van der Waals surface area contributed by atoms with Crippen LogP contribution in [0.5, 0.6) is 0 Å². The van der Waals surface area contributed by atoms with Crippen LogP contribution in [0, 0.1) is 5.41 Å². The van der Waals surface area contributed by atoms with E-state index in [4.69, 9.17) is 5.41 Å². The first-order valence-corrected chi connectivity index (χ1v) is 7.33. The van der Waals surface area contributed by atoms with Gasteiger partial charge in [-0.15, -0.1) is 11.3 Å². The SMILES string of the molecule is CN/C=C(\C=N)c1ccc2sc(-c3cccnc3)cc2n1. The molecule has 5 heteroatoms. The molecule has 21 heavy (non-hydrogen) atoms. The molecule has 0 amide bonds. The predicted molar refractivity (Wildman–Crippen MR) is 88.7 cm³/mol. The van der Waals surface area contributed by atoms with Crippen molar-refractivity contribution in [3.63, 3.8) is 0 Å². The van der Waals surface area contributed by atoms with Gasteiger partial charge in [0.25, 0.3) is 0 Å². The van der Waals surface area contributed by atoms with E-state index in [2.05, 4.69) is 27.4 Å². The zero-order valence-corrected chi connectivity index (χ0v) is 12.3. The number of rotatable bonds is 4. The fourth-order valence-corrected chi connectivity index (χ4v) is 3.07. The Hall–Kier alpha value is -2.53. The lowest BCUT2D eigenvalue weighted by Gasteiger charge is -2.00. The number of fused-ring (bicyclic) bond motifs is 1. The van der Waals surface area contributed by atoms with Crippen LogP contribution in [0.15, 0.2) is 48.9 Å². The maximum absolute atomic E-state index is 7.47. The molecular formula is C16H14N4S. The summed E-state index contributed by atoms with van der Waals surface area (Å²) in [5.41, 5.74) is 3.59. The molecule has 0 saturated carbocycles. The molecule has 0 spiro atoms. The van der Waals surface area contributed by atoms with Gasteiger partial charge in [-0.05, 0) is 24.3 Å². The standard InChI is InChI=1S/C16H14N4S/c1-18-9-12(8-17)13-4-5-15-14(20-13)7-16(21-15)11-3-2-6-19-10-11/h2-10,17-18H,1H3/b12-9+,17-8?. The molecule has 0 radical (unpaired) electrons. The second kappa shape index (κ2) is 5.85. The van der Waals surface area contributed by atoms with Gasteiger partial charge in [-0.1, -0.05) is 6.07 Å². The zero-order valence-electron chi connectivity index (χ0n) is 11.5. The molecule has 0 aliphatic heterocycles. The smallest absolute Gasteiger partial charge is 0.0823 e. The molecule has 0 bridgehead atoms. The Bertz CT molecular complexity index is 806. The van der Waals surface area contributed by atoms with Crippen LogP contribution in [0.25, 0.3) is 26.2 Å². The lowest BCUT2D eigenvalue weighted by Crippen LogP contribution is -1.98. The Morgan fingerprint density at radius 1 is 1.33 bits per heavy atom. The van der Waals surface area contributed by atoms with Crippen molar-refractivity contribution in [2.24, 2.45) is 0 Å². The molecule has 0 aromatic carbocycles. The van der Waals surface area contributed by atoms with Crippen molar-refractivity contribution in [2.45, 2.75) is 0 Å². The van der Waals surface area contributed by atoms with Crippen molar-refractivity contribution in [1.29, 1.82) is 5.41 Å². The normalized spacial score (nSPS) is 11.6. The molecule has 0 aliphatic rings. The zero-order chi connectivity index (χ0) is 14.7. The summed E-state index contributed by atoms with van der Waals surface area (Å²) in [6.45, 7) is 0. The number of pyridine rings is 2. The van der Waals surface area contributed by atoms with E-state index in [0.717, 1.165) is 31.9 Å². The van der Waals surface area contributed by atoms with Crippen LogP contribution >= 0.6 is 11.3 Å². The second-order valence-corrected chi connectivity index (χ2v) is 5.55. The van der Waals surface area contributed by atoms with E-state index in [1.54, 1.807) is 23.7 Å². The number of thiophene rings is 1. The van der Waals surface area contributed by atoms with E-state index < -0.39 is 0 Å². The monoisotopic (exact) mass is 294 g/mol. The maximum Gasteiger partial charge on any atom is 0.0823 e. The summed E-state index contributed by atoms with van der Waals surface area (Å²) in [5.74, 6) is 0. The largest absolute Gasteiger partial charge is 0.393 e. The Morgan fingerprint density at radius 2 is 2.24 bits per heavy atom. The van der Waals surface area contributed by atoms with Gasteiger partial charge in [0.2, 0.25) is 0 Å². The highest BCUT2D eigenvalue weighted by Gasteiger charge is 2.08. The fourth-order valence-electron chi connectivity index (χ4n) is 2.08. The Kier molecular flexibility index (Phi) is 3.75. The minimum absolute atomic E-state index is 0.758. The van der Waals surface area contributed by atoms with Gasteiger partial charge < -0.3 is 10.7 Å². The fraction of sp³-hybridized carbons (Fsp3) is 0.0625. The predicted octanol–water partition coefficient (Wildman–Crippen LogP) is 3.57. The molecule has 0 unspecified atom stereocenters. The van der Waals surface area contributed by atoms with Crippen molar-refractivity contribution in [2.75, 3.05) is 7.05 Å². The minimum atomic E-state index is 0.758. The van der Waals surface area contributed by atoms with Gasteiger partial charge in [-0.25, -0.2) is 4.98 Å². The van der Waals surface area contributed by atoms with Gasteiger partial charge in [0.05, 0.1) is 15.9 Å². The first-order valence-electron chi connectivity index (χ1n) is 6.51. The molecule has 104 valence electrons. The van der Waals surface area contributed by atoms with Crippen LogP contribution in [0.1, 0.15) is 5.69 Å². The number of allylic oxidation sites excluding steroid dienone is 1. The Balaban J connectivity index is 2.07. The minimum Gasteiger partial charge on any atom is -0.393 e. The summed E-state index contributed by atoms with van der Waals surface area (Å²) in [4.78, 5) is 9.95. The third kappa shape index (κ3) is 2.68. The van der Waals surface area contributed by atoms with E-state index in [9.17, 15) is 0 Å². The van der Waals surface area contributed by atoms with Crippen molar-refractivity contribution in [1.82, 2.24) is 15.3 Å². The van der Waals surface area contributed by atoms with E-state index in [1.807, 2.05) is 31.4 Å². The van der Waals surface area contributed by atoms with Crippen LogP contribution in [-0.2, 0) is 0 Å². The van der Waals surface area contributed by atoms with Gasteiger partial charge in [0, 0.05) is 47.9 Å². The third-order valence-corrected chi connectivity index (χ3v) is 4.21. The van der Waals surface area contributed by atoms with E-state index in [1.165, 1.54) is 6.21 Å². The highest BCUT2D eigenvalue weighted by atomic mass is 32.1. The number of aromatic nitrogens is 2. The Labute approximate surface area is 126 Å². The summed E-state index contributed by atoms with van der Waals surface area (Å²) in [6, 6.07) is 10.0. The van der Waals surface area contributed by atoms with Crippen molar-refractivity contribution >= 4 is 33.3 Å². The van der Waals surface area contributed by atoms with Gasteiger partial charge in [-0.3, -0.25) is 4.98 Å². The average Bonchev–Trinajstić information content (AvgIpc) is 2.96. The highest BCUT2D eigenvalue weighted by molar-refractivity contribution is 7.22. The Morgan fingerprint density at radius 3 is 2.95 bits per heavy atom. The van der Waals surface area contributed by atoms with Gasteiger partial charge in [0.15, 0.2) is 0 Å². The van der Waals surface area contributed by atoms with Crippen LogP contribution < -0.4 is 5.32 Å². The maximum atomic E-state index is 7.47. The summed E-state index contributed by atoms with van der Waals surface area (Å²) < 4.78 is 1.13. The molecule has 3 aromatic rings. The van der Waals surface area contributed by atoms with Crippen molar-refractivity contribution in [3.05, 3.63) is 54.6 Å². The van der Waals surface area contributed by atoms with Crippen LogP contribution in [0.4, 0.5) is 0 Å². The first-order chi connectivity index (χ1) is 10.3. The van der Waals surface area contributed by atoms with Crippen molar-refractivity contribution in [3.8, 4) is 10.4 Å². The number of hydrogen-bond donors (Lipinski definition) is 2. The summed E-state index contributed by atoms with van der Waals surface area (Å²) >= 11 is 1.70. The molecule has 2 N–H and O–H groups in total. The average molecular weight is 294 g/mol. The second-order valence-electron chi connectivity index (χ2n) is 4.46. The quantitative estimate of drug-likeness (QED) is 0.723. The first kappa shape index (κ1) is 13.5. The van der Waals surface area contributed by atoms with Crippen LogP contribution in [-0.4, -0.2) is 23.2 Å². The molecule has 0 aliphatic carbocycles. The topological polar surface area (TPSA) is 61.7 Å². The summed E-state index contributed by atoms with van der Waals surface area (Å²) in [5, 5.41) is 10.4. The third-order valence-electron chi connectivity index (χ3n) is 3.07. The molecule has 0 atom stereocenters. The molecule has 0 fully saturated rings. The van der Waals surface area contributed by atoms with Gasteiger partial charge >= 0.3 is 0 Å². The van der Waals surface area contributed by atoms with Crippen molar-refractivity contribution < 1.29 is 0 Å². The lowest BCUT2D eigenvalue weighted by molar-refractivity contribution is 1.11. The molecule has 3 aromatic heterocycles. The molecule has 3 rings (SSSR count). The lowest BCUT2D eigenvalue weighted by atomic mass is 10.2. The highest BCUT2D eigenvalue weighted by Crippen LogP contribution is 2.32. The van der Waals surface area contributed by atoms with Gasteiger partial charge in [0.1, 0.15) is 0 Å². The number of nitrogens with zero attached hydrogens (tertiary/aromatic N) is 2. The molecule has 0 saturated heterocycles. The summed E-state index contributed by atoms with van der Waals surface area (Å²) in [6.07, 6.45) is 6.70. The van der Waals surface area contributed by atoms with E-state index in [0.29, 0.717) is 0 Å². The van der Waals surface area contributed by atoms with E-state index in [-0.39, 0.29) is 0 Å². The van der Waals surface area contributed by atoms with Crippen LogP contribution in [0.2, 0.25) is 0 Å². The molecule has 3 heterocycles.